The molecule has 2 aromatic rings. The van der Waals surface area contributed by atoms with Crippen LogP contribution in [0, 0.1) is 6.92 Å². The summed E-state index contributed by atoms with van der Waals surface area (Å²) < 4.78 is 0. The number of carbonyl (C=O) groups is 1. The van der Waals surface area contributed by atoms with E-state index in [2.05, 4.69) is 0 Å². The Hall–Kier alpha value is -1.89. The fourth-order valence-electron chi connectivity index (χ4n) is 1.57. The summed E-state index contributed by atoms with van der Waals surface area (Å²) in [7, 11) is 0. The average molecular weight is 195 g/mol. The maximum absolute atomic E-state index is 12.1. The zero-order valence-corrected chi connectivity index (χ0v) is 8.60. The highest BCUT2D eigenvalue weighted by Crippen LogP contribution is 2.13. The van der Waals surface area contributed by atoms with Crippen LogP contribution in [0.25, 0.3) is 0 Å². The lowest BCUT2D eigenvalue weighted by Crippen LogP contribution is -2.02. The smallest absolute Gasteiger partial charge is 0.193 e. The Balaban J connectivity index is 2.42. The van der Waals surface area contributed by atoms with Gasteiger partial charge in [0.15, 0.2) is 5.78 Å². The molecule has 0 unspecified atom stereocenters. The van der Waals surface area contributed by atoms with Gasteiger partial charge in [0.2, 0.25) is 0 Å². The van der Waals surface area contributed by atoms with Crippen molar-refractivity contribution in [2.75, 3.05) is 0 Å². The van der Waals surface area contributed by atoms with Gasteiger partial charge in [0, 0.05) is 11.1 Å². The molecule has 2 aromatic carbocycles. The van der Waals surface area contributed by atoms with Crippen molar-refractivity contribution < 1.29 is 4.79 Å². The first-order valence-corrected chi connectivity index (χ1v) is 4.94. The van der Waals surface area contributed by atoms with Crippen molar-refractivity contribution >= 4 is 5.78 Å². The largest absolute Gasteiger partial charge is 0.289 e. The van der Waals surface area contributed by atoms with Crippen molar-refractivity contribution in [3.8, 4) is 0 Å². The minimum Gasteiger partial charge on any atom is -0.289 e. The topological polar surface area (TPSA) is 17.1 Å². The molecule has 0 aliphatic carbocycles. The highest BCUT2D eigenvalue weighted by molar-refractivity contribution is 6.09. The SMILES string of the molecule is Cc1ccccc1[11C](=O)c1ccccc1. The molecular weight excluding hydrogens is 183 g/mol. The predicted octanol–water partition coefficient (Wildman–Crippen LogP) is 3.23. The van der Waals surface area contributed by atoms with Gasteiger partial charge in [-0.15, -0.1) is 0 Å². The van der Waals surface area contributed by atoms with E-state index in [4.69, 9.17) is 0 Å². The second-order valence-electron chi connectivity index (χ2n) is 3.51. The van der Waals surface area contributed by atoms with E-state index in [-0.39, 0.29) is 5.78 Å². The van der Waals surface area contributed by atoms with Crippen LogP contribution in [0.2, 0.25) is 0 Å². The van der Waals surface area contributed by atoms with E-state index in [1.165, 1.54) is 0 Å². The first-order chi connectivity index (χ1) is 7.29. The summed E-state index contributed by atoms with van der Waals surface area (Å²) in [4.78, 5) is 12.1. The summed E-state index contributed by atoms with van der Waals surface area (Å²) in [5.41, 5.74) is 2.54. The number of hydrogen-bond acceptors (Lipinski definition) is 1. The van der Waals surface area contributed by atoms with Gasteiger partial charge in [0.05, 0.1) is 0 Å². The van der Waals surface area contributed by atoms with E-state index in [0.29, 0.717) is 0 Å². The first kappa shape index (κ1) is 9.66. The minimum atomic E-state index is 0.0914. The van der Waals surface area contributed by atoms with Crippen LogP contribution in [-0.2, 0) is 0 Å². The monoisotopic (exact) mass is 195 g/mol. The molecule has 0 aliphatic heterocycles. The second-order valence-corrected chi connectivity index (χ2v) is 3.51. The Labute approximate surface area is 89.4 Å². The minimum absolute atomic E-state index is 0.0914. The molecule has 1 heteroatoms. The van der Waals surface area contributed by atoms with Crippen molar-refractivity contribution in [1.82, 2.24) is 0 Å². The van der Waals surface area contributed by atoms with E-state index in [1.54, 1.807) is 0 Å². The first-order valence-electron chi connectivity index (χ1n) is 4.94. The van der Waals surface area contributed by atoms with Crippen molar-refractivity contribution in [2.24, 2.45) is 0 Å². The van der Waals surface area contributed by atoms with E-state index in [0.717, 1.165) is 16.7 Å². The second kappa shape index (κ2) is 4.09. The molecule has 0 spiro atoms. The third kappa shape index (κ3) is 1.96. The van der Waals surface area contributed by atoms with Gasteiger partial charge in [-0.3, -0.25) is 4.79 Å². The van der Waals surface area contributed by atoms with Crippen LogP contribution in [0.5, 0.6) is 0 Å². The molecule has 2 rings (SSSR count). The zero-order valence-electron chi connectivity index (χ0n) is 8.60. The summed E-state index contributed by atoms with van der Waals surface area (Å²) >= 11 is 0. The number of hydrogen-bond donors (Lipinski definition) is 0. The Bertz CT molecular complexity index is 472. The van der Waals surface area contributed by atoms with Crippen molar-refractivity contribution in [3.63, 3.8) is 0 Å². The number of rotatable bonds is 2. The molecule has 15 heavy (non-hydrogen) atoms. The maximum Gasteiger partial charge on any atom is 0.193 e. The fourth-order valence-corrected chi connectivity index (χ4v) is 1.57. The fraction of sp³-hybridized carbons (Fsp3) is 0.0714. The van der Waals surface area contributed by atoms with Crippen LogP contribution in [0.1, 0.15) is 21.5 Å². The van der Waals surface area contributed by atoms with Crippen LogP contribution in [0.4, 0.5) is 0 Å². The molecule has 0 saturated carbocycles. The lowest BCUT2D eigenvalue weighted by atomic mass is 9.68. The van der Waals surface area contributed by atoms with E-state index in [9.17, 15) is 4.79 Å². The van der Waals surface area contributed by atoms with Gasteiger partial charge in [0.1, 0.15) is 0 Å². The van der Waals surface area contributed by atoms with Crippen LogP contribution >= 0.6 is 0 Å². The molecule has 0 amide bonds. The van der Waals surface area contributed by atoms with Gasteiger partial charge < -0.3 is 0 Å². The molecule has 0 saturated heterocycles. The number of carbonyl (C=O) groups excluding carboxylic acids is 1. The molecule has 0 radical (unpaired) electrons. The Morgan fingerprint density at radius 3 is 2.13 bits per heavy atom. The van der Waals surface area contributed by atoms with Crippen LogP contribution in [0.3, 0.4) is 0 Å². The third-order valence-corrected chi connectivity index (χ3v) is 2.43. The standard InChI is InChI=1S/C14H12O/c1-11-7-5-6-10-13(11)14(15)12-8-3-2-4-9-12/h2-10H,1H3/i14-1. The molecule has 0 aromatic heterocycles. The molecule has 1 nitrogen and oxygen atoms in total. The van der Waals surface area contributed by atoms with Gasteiger partial charge in [-0.1, -0.05) is 54.6 Å². The molecule has 0 N–H and O–H groups in total. The number of ketones is 1. The van der Waals surface area contributed by atoms with Gasteiger partial charge in [-0.25, -0.2) is 0 Å². The third-order valence-electron chi connectivity index (χ3n) is 2.43. The highest BCUT2D eigenvalue weighted by atomic mass is 16.1. The molecule has 0 heterocycles. The normalized spacial score (nSPS) is 9.93. The van der Waals surface area contributed by atoms with E-state index < -0.39 is 0 Å². The van der Waals surface area contributed by atoms with Gasteiger partial charge >= 0.3 is 0 Å². The average Bonchev–Trinajstić information content (AvgIpc) is 2.30. The zero-order chi connectivity index (χ0) is 10.7. The molecule has 0 bridgehead atoms. The van der Waals surface area contributed by atoms with Gasteiger partial charge in [-0.2, -0.15) is 0 Å². The van der Waals surface area contributed by atoms with Crippen molar-refractivity contribution in [2.45, 2.75) is 6.92 Å². The lowest BCUT2D eigenvalue weighted by Gasteiger charge is -2.03. The molecule has 0 atom stereocenters. The highest BCUT2D eigenvalue weighted by Gasteiger charge is 2.09. The molecule has 0 aliphatic rings. The quantitative estimate of drug-likeness (QED) is 0.672. The predicted molar refractivity (Wildman–Crippen MR) is 61.1 cm³/mol. The van der Waals surface area contributed by atoms with Crippen LogP contribution in [0.15, 0.2) is 54.6 Å². The lowest BCUT2D eigenvalue weighted by molar-refractivity contribution is 0.103. The van der Waals surface area contributed by atoms with Gasteiger partial charge in [-0.05, 0) is 12.5 Å². The molecule has 0 fully saturated rings. The van der Waals surface area contributed by atoms with Crippen molar-refractivity contribution in [1.29, 1.82) is 0 Å². The Kier molecular flexibility index (Phi) is 2.64. The van der Waals surface area contributed by atoms with E-state index in [1.807, 2.05) is 61.5 Å². The Morgan fingerprint density at radius 2 is 1.47 bits per heavy atom. The summed E-state index contributed by atoms with van der Waals surface area (Å²) in [6, 6.07) is 17.0. The summed E-state index contributed by atoms with van der Waals surface area (Å²) in [5, 5.41) is 0. The summed E-state index contributed by atoms with van der Waals surface area (Å²) in [6.45, 7) is 1.95. The molecular formula is C14H12O. The summed E-state index contributed by atoms with van der Waals surface area (Å²) in [5.74, 6) is 0.0914. The van der Waals surface area contributed by atoms with E-state index >= 15 is 0 Å². The summed E-state index contributed by atoms with van der Waals surface area (Å²) in [6.07, 6.45) is 0. The number of aryl methyl sites for hydroxylation is 1. The number of benzene rings is 2. The van der Waals surface area contributed by atoms with Crippen LogP contribution < -0.4 is 0 Å². The maximum atomic E-state index is 12.1. The van der Waals surface area contributed by atoms with Crippen LogP contribution in [-0.4, -0.2) is 5.78 Å². The van der Waals surface area contributed by atoms with Gasteiger partial charge in [0.25, 0.3) is 0 Å². The van der Waals surface area contributed by atoms with Crippen molar-refractivity contribution in [3.05, 3.63) is 71.3 Å². The molecule has 74 valence electrons. The Morgan fingerprint density at radius 1 is 0.867 bits per heavy atom.